The van der Waals surface area contributed by atoms with Crippen LogP contribution in [0.1, 0.15) is 82.8 Å². The zero-order valence-corrected chi connectivity index (χ0v) is 33.9. The summed E-state index contributed by atoms with van der Waals surface area (Å²) in [6.45, 7) is 13.2. The van der Waals surface area contributed by atoms with Crippen LogP contribution in [0.25, 0.3) is 0 Å². The molecule has 0 spiro atoms. The van der Waals surface area contributed by atoms with Gasteiger partial charge in [-0.1, -0.05) is 88.4 Å². The summed E-state index contributed by atoms with van der Waals surface area (Å²) >= 11 is 0. The third kappa shape index (κ3) is 11.7. The van der Waals surface area contributed by atoms with E-state index in [0.717, 1.165) is 11.1 Å². The number of ketones is 2. The number of nitrogens with one attached hydrogen (secondary N) is 2. The number of benzene rings is 2. The van der Waals surface area contributed by atoms with Crippen molar-refractivity contribution in [3.63, 3.8) is 0 Å². The minimum Gasteiger partial charge on any atom is -0.361 e. The molecule has 1 aromatic heterocycles. The van der Waals surface area contributed by atoms with Crippen LogP contribution in [0.2, 0.25) is 0 Å². The van der Waals surface area contributed by atoms with Gasteiger partial charge in [0.1, 0.15) is 10.5 Å². The van der Waals surface area contributed by atoms with Crippen molar-refractivity contribution in [1.29, 1.82) is 0 Å². The van der Waals surface area contributed by atoms with E-state index in [1.807, 2.05) is 88.4 Å². The Morgan fingerprint density at radius 3 is 1.87 bits per heavy atom. The molecule has 11 nitrogen and oxygen atoms in total. The van der Waals surface area contributed by atoms with Crippen molar-refractivity contribution >= 4 is 33.2 Å². The van der Waals surface area contributed by atoms with Gasteiger partial charge >= 0.3 is 0 Å². The van der Waals surface area contributed by atoms with E-state index < -0.39 is 56.9 Å². The number of epoxide rings is 1. The van der Waals surface area contributed by atoms with E-state index in [0.29, 0.717) is 37.3 Å². The lowest BCUT2D eigenvalue weighted by Gasteiger charge is -2.27. The van der Waals surface area contributed by atoms with Gasteiger partial charge in [0.05, 0.1) is 41.7 Å². The lowest BCUT2D eigenvalue weighted by Crippen LogP contribution is -2.50. The van der Waals surface area contributed by atoms with Gasteiger partial charge in [-0.2, -0.15) is 5.10 Å². The zero-order valence-electron chi connectivity index (χ0n) is 33.1. The Kier molecular flexibility index (Phi) is 14.5. The van der Waals surface area contributed by atoms with Crippen molar-refractivity contribution in [3.05, 3.63) is 83.2 Å². The Hall–Kier alpha value is -4.16. The number of carbonyl (C=O) groups excluding carboxylic acids is 4. The van der Waals surface area contributed by atoms with Crippen molar-refractivity contribution in [1.82, 2.24) is 20.4 Å². The normalized spacial score (nSPS) is 17.8. The fourth-order valence-electron chi connectivity index (χ4n) is 7.01. The van der Waals surface area contributed by atoms with E-state index in [2.05, 4.69) is 15.7 Å². The highest BCUT2D eigenvalue weighted by molar-refractivity contribution is 7.91. The molecule has 4 rings (SSSR count). The van der Waals surface area contributed by atoms with Crippen LogP contribution >= 0.6 is 0 Å². The number of amides is 2. The molecule has 1 aliphatic heterocycles. The smallest absolute Gasteiger partial charge is 0.224 e. The quantitative estimate of drug-likeness (QED) is 0.139. The molecule has 2 heterocycles. The summed E-state index contributed by atoms with van der Waals surface area (Å²) in [7, 11) is -2.27. The standard InChI is InChI=1S/C42H58N4O7S/c1-27(2)21-35(43-40(49)33(20-19-31-15-11-9-12-16-31)25-54(51,52)38-29(5)45-46(8)30(38)6)37(47)24-34(23-32-17-13-10-14-18-32)41(50)44-36(22-28(3)4)39(48)42(7)26-53-42/h9-18,27-28,33-36H,19-26H2,1-8H3,(H,43,49)(H,44,50)/t33?,34-,35+,36+,42-/m1/s1. The van der Waals surface area contributed by atoms with Crippen LogP contribution in [-0.4, -0.2) is 71.6 Å². The fourth-order valence-corrected chi connectivity index (χ4v) is 9.10. The molecule has 0 aliphatic carbocycles. The number of rotatable bonds is 21. The minimum atomic E-state index is -3.95. The number of hydrogen-bond donors (Lipinski definition) is 2. The van der Waals surface area contributed by atoms with Crippen LogP contribution < -0.4 is 10.6 Å². The van der Waals surface area contributed by atoms with E-state index in [4.69, 9.17) is 4.74 Å². The number of nitrogens with zero attached hydrogens (tertiary/aromatic N) is 2. The maximum atomic E-state index is 14.3. The lowest BCUT2D eigenvalue weighted by molar-refractivity contribution is -0.135. The lowest BCUT2D eigenvalue weighted by atomic mass is 9.87. The first-order valence-corrected chi connectivity index (χ1v) is 20.7. The summed E-state index contributed by atoms with van der Waals surface area (Å²) in [5, 5.41) is 10.2. The average Bonchev–Trinajstić information content (AvgIpc) is 3.80. The number of carbonyl (C=O) groups is 4. The molecule has 2 aromatic carbocycles. The highest BCUT2D eigenvalue weighted by Gasteiger charge is 2.50. The van der Waals surface area contributed by atoms with Gasteiger partial charge in [-0.25, -0.2) is 8.42 Å². The molecular weight excluding hydrogens is 705 g/mol. The molecule has 2 N–H and O–H groups in total. The Morgan fingerprint density at radius 1 is 0.833 bits per heavy atom. The van der Waals surface area contributed by atoms with Crippen LogP contribution in [0, 0.1) is 37.5 Å². The summed E-state index contributed by atoms with van der Waals surface area (Å²) in [6.07, 6.45) is 1.49. The first-order chi connectivity index (χ1) is 25.4. The summed E-state index contributed by atoms with van der Waals surface area (Å²) in [6, 6.07) is 17.2. The molecule has 1 saturated heterocycles. The molecule has 1 fully saturated rings. The monoisotopic (exact) mass is 762 g/mol. The number of ether oxygens (including phenoxy) is 1. The summed E-state index contributed by atoms with van der Waals surface area (Å²) < 4.78 is 34.7. The SMILES string of the molecule is Cc1nn(C)c(C)c1S(=O)(=O)CC(CCc1ccccc1)C(=O)N[C@@H](CC(C)C)C(=O)C[C@@H](Cc1ccccc1)C(=O)N[C@@H](CC(C)C)C(=O)[C@@]1(C)CO1. The molecule has 2 amide bonds. The van der Waals surface area contributed by atoms with Gasteiger partial charge in [-0.05, 0) is 75.8 Å². The minimum absolute atomic E-state index is 0.000160. The molecular formula is C42H58N4O7S. The summed E-state index contributed by atoms with van der Waals surface area (Å²) in [5.74, 6) is -3.59. The highest BCUT2D eigenvalue weighted by Crippen LogP contribution is 2.30. The average molecular weight is 763 g/mol. The second-order valence-electron chi connectivity index (χ2n) is 15.9. The van der Waals surface area contributed by atoms with Crippen LogP contribution in [0.5, 0.6) is 0 Å². The first kappa shape index (κ1) is 42.6. The van der Waals surface area contributed by atoms with Gasteiger partial charge in [-0.3, -0.25) is 23.9 Å². The molecule has 1 aliphatic rings. The van der Waals surface area contributed by atoms with Crippen LogP contribution in [-0.2, 0) is 53.6 Å². The van der Waals surface area contributed by atoms with Gasteiger partial charge in [0.2, 0.25) is 11.8 Å². The topological polar surface area (TPSA) is 157 Å². The molecule has 0 saturated carbocycles. The Labute approximate surface area is 320 Å². The maximum Gasteiger partial charge on any atom is 0.224 e. The fraction of sp³-hybridized carbons (Fsp3) is 0.548. The van der Waals surface area contributed by atoms with Gasteiger partial charge < -0.3 is 15.4 Å². The van der Waals surface area contributed by atoms with Gasteiger partial charge in [-0.15, -0.1) is 0 Å². The van der Waals surface area contributed by atoms with E-state index in [1.54, 1.807) is 27.8 Å². The van der Waals surface area contributed by atoms with Crippen LogP contribution in [0.4, 0.5) is 0 Å². The van der Waals surface area contributed by atoms with Crippen molar-refractivity contribution in [2.75, 3.05) is 12.4 Å². The number of sulfone groups is 1. The highest BCUT2D eigenvalue weighted by atomic mass is 32.2. The molecule has 0 radical (unpaired) electrons. The molecule has 54 heavy (non-hydrogen) atoms. The van der Waals surface area contributed by atoms with Gasteiger partial charge in [0, 0.05) is 19.4 Å². The summed E-state index contributed by atoms with van der Waals surface area (Å²) in [4.78, 5) is 56.0. The van der Waals surface area contributed by atoms with Crippen molar-refractivity contribution in [2.24, 2.45) is 30.7 Å². The molecule has 3 aromatic rings. The van der Waals surface area contributed by atoms with Crippen LogP contribution in [0.15, 0.2) is 65.6 Å². The van der Waals surface area contributed by atoms with E-state index in [1.165, 1.54) is 4.68 Å². The number of aromatic nitrogens is 2. The zero-order chi connectivity index (χ0) is 39.8. The third-order valence-electron chi connectivity index (χ3n) is 10.2. The molecule has 12 heteroatoms. The molecule has 1 unspecified atom stereocenters. The number of aryl methyl sites for hydroxylation is 3. The Morgan fingerprint density at radius 2 is 1.35 bits per heavy atom. The third-order valence-corrected chi connectivity index (χ3v) is 12.2. The molecule has 294 valence electrons. The van der Waals surface area contributed by atoms with Crippen LogP contribution in [0.3, 0.4) is 0 Å². The predicted molar refractivity (Wildman–Crippen MR) is 208 cm³/mol. The second kappa shape index (κ2) is 18.4. The Bertz CT molecular complexity index is 1870. The van der Waals surface area contributed by atoms with E-state index in [9.17, 15) is 27.6 Å². The Balaban J connectivity index is 1.60. The molecule has 5 atom stereocenters. The number of Topliss-reactive ketones (excluding diaryl/α,β-unsaturated/α-hetero) is 2. The van der Waals surface area contributed by atoms with E-state index in [-0.39, 0.29) is 47.6 Å². The van der Waals surface area contributed by atoms with Gasteiger partial charge in [0.15, 0.2) is 21.4 Å². The van der Waals surface area contributed by atoms with Crippen molar-refractivity contribution < 1.29 is 32.3 Å². The summed E-state index contributed by atoms with van der Waals surface area (Å²) in [5.41, 5.74) is 1.74. The first-order valence-electron chi connectivity index (χ1n) is 19.0. The van der Waals surface area contributed by atoms with E-state index >= 15 is 0 Å². The second-order valence-corrected chi connectivity index (χ2v) is 17.9. The van der Waals surface area contributed by atoms with Gasteiger partial charge in [0.25, 0.3) is 0 Å². The van der Waals surface area contributed by atoms with Crippen molar-refractivity contribution in [3.8, 4) is 0 Å². The van der Waals surface area contributed by atoms with Crippen molar-refractivity contribution in [2.45, 2.75) is 110 Å². The maximum absolute atomic E-state index is 14.3. The largest absolute Gasteiger partial charge is 0.361 e. The molecule has 0 bridgehead atoms. The predicted octanol–water partition coefficient (Wildman–Crippen LogP) is 5.30. The number of hydrogen-bond acceptors (Lipinski definition) is 8.